The molecule has 90 valence electrons. The van der Waals surface area contributed by atoms with E-state index in [9.17, 15) is 0 Å². The number of pyridine rings is 2. The van der Waals surface area contributed by atoms with E-state index in [0.29, 0.717) is 5.92 Å². The van der Waals surface area contributed by atoms with Gasteiger partial charge in [0.2, 0.25) is 0 Å². The van der Waals surface area contributed by atoms with E-state index in [4.69, 9.17) is 0 Å². The van der Waals surface area contributed by atoms with E-state index in [1.807, 2.05) is 18.5 Å². The molecule has 3 heterocycles. The van der Waals surface area contributed by atoms with Crippen LogP contribution in [0.4, 0.5) is 0 Å². The molecule has 0 aliphatic carbocycles. The molecule has 4 nitrogen and oxygen atoms in total. The maximum atomic E-state index is 4.53. The first kappa shape index (κ1) is 11.7. The second-order valence-corrected chi connectivity index (χ2v) is 5.68. The van der Waals surface area contributed by atoms with Gasteiger partial charge in [-0.3, -0.25) is 0 Å². The predicted octanol–water partition coefficient (Wildman–Crippen LogP) is 1.43. The molecule has 0 spiro atoms. The Morgan fingerprint density at radius 3 is 2.89 bits per heavy atom. The molecular formula is C13H13AsN4. The summed E-state index contributed by atoms with van der Waals surface area (Å²) in [5.74, 6) is 0.573. The fraction of sp³-hybridized carbons (Fsp3) is 0.308. The number of nitrogens with zero attached hydrogens (tertiary/aromatic N) is 4. The Hall–Kier alpha value is -1.41. The van der Waals surface area contributed by atoms with Crippen LogP contribution in [0.3, 0.4) is 0 Å². The van der Waals surface area contributed by atoms with Gasteiger partial charge in [0.1, 0.15) is 0 Å². The van der Waals surface area contributed by atoms with Crippen molar-refractivity contribution < 1.29 is 0 Å². The molecule has 3 aromatic rings. The normalized spacial score (nSPS) is 11.8. The standard InChI is InChI=1S/C13H13AsN4/c1-8(2)6-18-7-16-11-12(18)10-9(17-13(11)14)4-3-5-15-10/h3-5,7-8H,6H2,1-2H3. The van der Waals surface area contributed by atoms with Crippen molar-refractivity contribution >= 4 is 43.4 Å². The van der Waals surface area contributed by atoms with Gasteiger partial charge in [0, 0.05) is 0 Å². The summed E-state index contributed by atoms with van der Waals surface area (Å²) in [4.78, 5) is 13.5. The van der Waals surface area contributed by atoms with Crippen LogP contribution < -0.4 is 4.48 Å². The average molecular weight is 300 g/mol. The minimum atomic E-state index is 0.573. The van der Waals surface area contributed by atoms with Gasteiger partial charge in [0.05, 0.1) is 0 Å². The van der Waals surface area contributed by atoms with Crippen molar-refractivity contribution in [3.05, 3.63) is 24.7 Å². The Morgan fingerprint density at radius 2 is 2.11 bits per heavy atom. The van der Waals surface area contributed by atoms with E-state index in [1.54, 1.807) is 6.20 Å². The molecule has 0 bridgehead atoms. The third-order valence-electron chi connectivity index (χ3n) is 2.85. The van der Waals surface area contributed by atoms with Crippen LogP contribution in [0.15, 0.2) is 24.7 Å². The molecular weight excluding hydrogens is 287 g/mol. The molecule has 18 heavy (non-hydrogen) atoms. The van der Waals surface area contributed by atoms with Gasteiger partial charge < -0.3 is 0 Å². The SMILES string of the molecule is CC(C)Cn1cnc2c([As])nc3cccnc3c21. The fourth-order valence-corrected chi connectivity index (χ4v) is 2.73. The third kappa shape index (κ3) is 1.81. The molecule has 0 unspecified atom stereocenters. The Morgan fingerprint density at radius 1 is 1.28 bits per heavy atom. The molecule has 0 fully saturated rings. The second kappa shape index (κ2) is 4.36. The summed E-state index contributed by atoms with van der Waals surface area (Å²) < 4.78 is 3.08. The van der Waals surface area contributed by atoms with Crippen molar-refractivity contribution in [3.8, 4) is 0 Å². The van der Waals surface area contributed by atoms with Crippen LogP contribution in [0.25, 0.3) is 22.1 Å². The summed E-state index contributed by atoms with van der Waals surface area (Å²) >= 11 is 2.50. The molecule has 0 aliphatic heterocycles. The van der Waals surface area contributed by atoms with Crippen LogP contribution in [0.1, 0.15) is 13.8 Å². The van der Waals surface area contributed by atoms with E-state index in [2.05, 4.69) is 50.2 Å². The Labute approximate surface area is 114 Å². The molecule has 0 aliphatic rings. The van der Waals surface area contributed by atoms with Crippen LogP contribution in [0.5, 0.6) is 0 Å². The second-order valence-electron chi connectivity index (χ2n) is 4.79. The molecule has 0 atom stereocenters. The zero-order valence-electron chi connectivity index (χ0n) is 10.3. The number of aromatic nitrogens is 4. The van der Waals surface area contributed by atoms with Gasteiger partial charge in [0.15, 0.2) is 0 Å². The van der Waals surface area contributed by atoms with Gasteiger partial charge in [-0.1, -0.05) is 0 Å². The first-order chi connectivity index (χ1) is 8.66. The minimum absolute atomic E-state index is 0.573. The third-order valence-corrected chi connectivity index (χ3v) is 3.50. The Kier molecular flexibility index (Phi) is 2.83. The number of hydrogen-bond acceptors (Lipinski definition) is 3. The summed E-state index contributed by atoms with van der Waals surface area (Å²) in [6, 6.07) is 3.90. The number of imidazole rings is 1. The molecule has 0 amide bonds. The van der Waals surface area contributed by atoms with Gasteiger partial charge in [-0.15, -0.1) is 0 Å². The van der Waals surface area contributed by atoms with Crippen LogP contribution in [-0.4, -0.2) is 36.4 Å². The van der Waals surface area contributed by atoms with Gasteiger partial charge >= 0.3 is 114 Å². The van der Waals surface area contributed by atoms with Crippen molar-refractivity contribution in [2.75, 3.05) is 0 Å². The first-order valence-corrected chi connectivity index (χ1v) is 6.89. The summed E-state index contributed by atoms with van der Waals surface area (Å²) in [6.45, 7) is 5.34. The van der Waals surface area contributed by atoms with Crippen molar-refractivity contribution in [2.45, 2.75) is 20.4 Å². The molecule has 0 saturated carbocycles. The topological polar surface area (TPSA) is 43.6 Å². The average Bonchev–Trinajstić information content (AvgIpc) is 2.73. The zero-order chi connectivity index (χ0) is 12.7. The number of fused-ring (bicyclic) bond motifs is 3. The fourth-order valence-electron chi connectivity index (χ4n) is 2.16. The molecule has 0 aromatic carbocycles. The van der Waals surface area contributed by atoms with Gasteiger partial charge in [-0.2, -0.15) is 0 Å². The number of hydrogen-bond donors (Lipinski definition) is 0. The monoisotopic (exact) mass is 300 g/mol. The first-order valence-electron chi connectivity index (χ1n) is 5.95. The quantitative estimate of drug-likeness (QED) is 0.673. The van der Waals surface area contributed by atoms with E-state index in [1.165, 1.54) is 0 Å². The molecule has 0 saturated heterocycles. The van der Waals surface area contributed by atoms with Gasteiger partial charge in [-0.25, -0.2) is 0 Å². The van der Waals surface area contributed by atoms with Gasteiger partial charge in [0.25, 0.3) is 0 Å². The zero-order valence-corrected chi connectivity index (χ0v) is 12.2. The number of rotatable bonds is 2. The van der Waals surface area contributed by atoms with E-state index in [0.717, 1.165) is 33.1 Å². The Bertz CT molecular complexity index is 717. The molecule has 3 aromatic heterocycles. The van der Waals surface area contributed by atoms with Crippen LogP contribution in [-0.2, 0) is 6.54 Å². The summed E-state index contributed by atoms with van der Waals surface area (Å²) in [5.41, 5.74) is 3.87. The Balaban J connectivity index is 2.40. The van der Waals surface area contributed by atoms with Crippen molar-refractivity contribution in [3.63, 3.8) is 0 Å². The van der Waals surface area contributed by atoms with Crippen LogP contribution in [0.2, 0.25) is 0 Å². The summed E-state index contributed by atoms with van der Waals surface area (Å²) in [5, 5.41) is 0. The molecule has 3 rings (SSSR count). The van der Waals surface area contributed by atoms with Crippen molar-refractivity contribution in [2.24, 2.45) is 5.92 Å². The van der Waals surface area contributed by atoms with Gasteiger partial charge in [-0.05, 0) is 0 Å². The molecule has 2 radical (unpaired) electrons. The van der Waals surface area contributed by atoms with Crippen molar-refractivity contribution in [1.82, 2.24) is 19.5 Å². The molecule has 0 N–H and O–H groups in total. The van der Waals surface area contributed by atoms with Crippen LogP contribution in [0, 0.1) is 5.92 Å². The van der Waals surface area contributed by atoms with E-state index in [-0.39, 0.29) is 0 Å². The molecule has 5 heteroatoms. The predicted molar refractivity (Wildman–Crippen MR) is 73.1 cm³/mol. The van der Waals surface area contributed by atoms with E-state index < -0.39 is 0 Å². The van der Waals surface area contributed by atoms with Crippen LogP contribution >= 0.6 is 0 Å². The summed E-state index contributed by atoms with van der Waals surface area (Å²) in [7, 11) is 0. The maximum absolute atomic E-state index is 4.53. The van der Waals surface area contributed by atoms with Crippen molar-refractivity contribution in [1.29, 1.82) is 0 Å². The van der Waals surface area contributed by atoms with E-state index >= 15 is 0 Å². The summed E-state index contributed by atoms with van der Waals surface area (Å²) in [6.07, 6.45) is 3.69.